The molecule has 1 aliphatic rings. The molecule has 2 atom stereocenters. The monoisotopic (exact) mass is 359 g/mol. The van der Waals surface area contributed by atoms with E-state index in [9.17, 15) is 13.0 Å². The predicted molar refractivity (Wildman–Crippen MR) is 94.7 cm³/mol. The number of hydrogen-bond acceptors (Lipinski definition) is 3. The van der Waals surface area contributed by atoms with E-state index in [0.717, 1.165) is 24.3 Å². The van der Waals surface area contributed by atoms with Crippen LogP contribution in [0.5, 0.6) is 0 Å². The fourth-order valence-corrected chi connectivity index (χ4v) is 4.28. The van der Waals surface area contributed by atoms with Gasteiger partial charge in [-0.25, -0.2) is 0 Å². The summed E-state index contributed by atoms with van der Waals surface area (Å²) in [4.78, 5) is 2.19. The van der Waals surface area contributed by atoms with Crippen LogP contribution in [0.25, 0.3) is 0 Å². The molecule has 0 aliphatic heterocycles. The molecule has 1 aromatic rings. The van der Waals surface area contributed by atoms with Crippen molar-refractivity contribution in [3.8, 4) is 0 Å². The normalized spacial score (nSPS) is 20.1. The van der Waals surface area contributed by atoms with Crippen molar-refractivity contribution in [3.63, 3.8) is 0 Å². The van der Waals surface area contributed by atoms with E-state index < -0.39 is 15.4 Å². The van der Waals surface area contributed by atoms with Crippen molar-refractivity contribution in [2.24, 2.45) is 0 Å². The maximum absolute atomic E-state index is 11.3. The van der Waals surface area contributed by atoms with Crippen molar-refractivity contribution in [1.82, 2.24) is 4.90 Å². The molecule has 0 spiro atoms. The summed E-state index contributed by atoms with van der Waals surface area (Å²) in [5, 5.41) is -0.00285. The maximum atomic E-state index is 11.3. The Morgan fingerprint density at radius 1 is 1.22 bits per heavy atom. The van der Waals surface area contributed by atoms with Crippen molar-refractivity contribution in [3.05, 3.63) is 34.9 Å². The second kappa shape index (κ2) is 7.09. The third kappa shape index (κ3) is 4.08. The van der Waals surface area contributed by atoms with Gasteiger partial charge >= 0.3 is 0 Å². The Morgan fingerprint density at radius 2 is 1.78 bits per heavy atom. The Morgan fingerprint density at radius 3 is 2.17 bits per heavy atom. The topological polar surface area (TPSA) is 57.6 Å². The van der Waals surface area contributed by atoms with Gasteiger partial charge < -0.3 is 4.90 Å². The number of hydrogen-bond donors (Lipinski definition) is 1. The first-order chi connectivity index (χ1) is 10.7. The van der Waals surface area contributed by atoms with Gasteiger partial charge in [-0.1, -0.05) is 30.2 Å². The van der Waals surface area contributed by atoms with Crippen LogP contribution in [0.2, 0.25) is 5.02 Å². The summed E-state index contributed by atoms with van der Waals surface area (Å²) >= 11 is 6.01. The zero-order valence-electron chi connectivity index (χ0n) is 14.0. The van der Waals surface area contributed by atoms with Crippen LogP contribution in [-0.4, -0.2) is 43.3 Å². The third-order valence-corrected chi connectivity index (χ3v) is 6.79. The summed E-state index contributed by atoms with van der Waals surface area (Å²) in [5.41, 5.74) is 1.32. The lowest BCUT2D eigenvalue weighted by atomic mass is 9.59. The van der Waals surface area contributed by atoms with Gasteiger partial charge in [0.05, 0.1) is 5.25 Å². The van der Waals surface area contributed by atoms with Crippen LogP contribution in [-0.2, 0) is 15.5 Å². The van der Waals surface area contributed by atoms with Gasteiger partial charge in [-0.05, 0) is 64.4 Å². The molecule has 0 saturated heterocycles. The van der Waals surface area contributed by atoms with Crippen LogP contribution >= 0.6 is 11.6 Å². The number of rotatable bonds is 7. The molecule has 0 radical (unpaired) electrons. The van der Waals surface area contributed by atoms with E-state index in [1.54, 1.807) is 6.92 Å². The standard InChI is InChI=1S/C17H26ClNO3S/c1-13(23(20,21)22)5-10-16(19(2)3)17(11-4-12-17)14-6-8-15(18)9-7-14/h6-9,13,16H,4-5,10-12H2,1-3H3,(H,20,21,22). The van der Waals surface area contributed by atoms with Crippen molar-refractivity contribution in [2.75, 3.05) is 14.1 Å². The molecule has 1 aromatic carbocycles. The summed E-state index contributed by atoms with van der Waals surface area (Å²) < 4.78 is 31.8. The van der Waals surface area contributed by atoms with Crippen LogP contribution in [0.3, 0.4) is 0 Å². The molecule has 2 rings (SSSR count). The molecule has 2 unspecified atom stereocenters. The van der Waals surface area contributed by atoms with Gasteiger partial charge in [0, 0.05) is 16.5 Å². The first-order valence-electron chi connectivity index (χ1n) is 8.05. The smallest absolute Gasteiger partial charge is 0.267 e. The van der Waals surface area contributed by atoms with Gasteiger partial charge in [0.15, 0.2) is 0 Å². The Kier molecular flexibility index (Phi) is 5.77. The van der Waals surface area contributed by atoms with Crippen molar-refractivity contribution < 1.29 is 13.0 Å². The molecule has 1 saturated carbocycles. The van der Waals surface area contributed by atoms with Gasteiger partial charge in [0.2, 0.25) is 0 Å². The van der Waals surface area contributed by atoms with Crippen molar-refractivity contribution in [1.29, 1.82) is 0 Å². The quantitative estimate of drug-likeness (QED) is 0.753. The molecule has 130 valence electrons. The van der Waals surface area contributed by atoms with E-state index in [-0.39, 0.29) is 11.5 Å². The maximum Gasteiger partial charge on any atom is 0.267 e. The molecule has 1 N–H and O–H groups in total. The minimum Gasteiger partial charge on any atom is -0.306 e. The van der Waals surface area contributed by atoms with Crippen LogP contribution < -0.4 is 0 Å². The van der Waals surface area contributed by atoms with Crippen LogP contribution in [0.15, 0.2) is 24.3 Å². The molecule has 1 fully saturated rings. The first-order valence-corrected chi connectivity index (χ1v) is 9.94. The highest BCUT2D eigenvalue weighted by atomic mass is 35.5. The van der Waals surface area contributed by atoms with Crippen molar-refractivity contribution in [2.45, 2.75) is 55.7 Å². The summed E-state index contributed by atoms with van der Waals surface area (Å²) in [5.74, 6) is 0. The van der Waals surface area contributed by atoms with Gasteiger partial charge in [-0.2, -0.15) is 8.42 Å². The zero-order chi connectivity index (χ0) is 17.3. The van der Waals surface area contributed by atoms with E-state index in [1.807, 2.05) is 26.2 Å². The van der Waals surface area contributed by atoms with E-state index in [0.29, 0.717) is 6.42 Å². The molecular formula is C17H26ClNO3S. The summed E-state index contributed by atoms with van der Waals surface area (Å²) in [6, 6.07) is 8.25. The van der Waals surface area contributed by atoms with E-state index >= 15 is 0 Å². The Bertz CT molecular complexity index is 624. The third-order valence-electron chi connectivity index (χ3n) is 5.28. The van der Waals surface area contributed by atoms with Gasteiger partial charge in [0.1, 0.15) is 0 Å². The highest BCUT2D eigenvalue weighted by Gasteiger charge is 2.46. The molecule has 6 heteroatoms. The van der Waals surface area contributed by atoms with Crippen molar-refractivity contribution >= 4 is 21.7 Å². The fourth-order valence-electron chi connectivity index (χ4n) is 3.72. The van der Waals surface area contributed by atoms with Gasteiger partial charge in [-0.15, -0.1) is 0 Å². The fraction of sp³-hybridized carbons (Fsp3) is 0.647. The van der Waals surface area contributed by atoms with E-state index in [2.05, 4.69) is 17.0 Å². The lowest BCUT2D eigenvalue weighted by molar-refractivity contribution is 0.0884. The first kappa shape index (κ1) is 18.7. The lowest BCUT2D eigenvalue weighted by Crippen LogP contribution is -2.52. The minimum absolute atomic E-state index is 0.0486. The average molecular weight is 360 g/mol. The van der Waals surface area contributed by atoms with Gasteiger partial charge in [0.25, 0.3) is 10.1 Å². The molecule has 0 bridgehead atoms. The molecule has 1 aliphatic carbocycles. The zero-order valence-corrected chi connectivity index (χ0v) is 15.6. The Hall–Kier alpha value is -0.620. The second-order valence-electron chi connectivity index (χ2n) is 6.90. The molecule has 23 heavy (non-hydrogen) atoms. The SMILES string of the molecule is CC(CCC(N(C)C)C1(c2ccc(Cl)cc2)CCC1)S(=O)(=O)O. The average Bonchev–Trinajstić information content (AvgIpc) is 2.41. The second-order valence-corrected chi connectivity index (χ2v) is 9.17. The molecule has 0 amide bonds. The van der Waals surface area contributed by atoms with Crippen LogP contribution in [0.1, 0.15) is 44.6 Å². The summed E-state index contributed by atoms with van der Waals surface area (Å²) in [7, 11) is 0.116. The largest absolute Gasteiger partial charge is 0.306 e. The van der Waals surface area contributed by atoms with Crippen LogP contribution in [0.4, 0.5) is 0 Å². The highest BCUT2D eigenvalue weighted by Crippen LogP contribution is 2.49. The minimum atomic E-state index is -3.96. The molecule has 4 nitrogen and oxygen atoms in total. The summed E-state index contributed by atoms with van der Waals surface area (Å²) in [6.45, 7) is 1.57. The van der Waals surface area contributed by atoms with Crippen LogP contribution in [0, 0.1) is 0 Å². The van der Waals surface area contributed by atoms with Gasteiger partial charge in [-0.3, -0.25) is 4.55 Å². The number of halogens is 1. The predicted octanol–water partition coefficient (Wildman–Crippen LogP) is 3.75. The summed E-state index contributed by atoms with van der Waals surface area (Å²) in [6.07, 6.45) is 4.56. The number of benzene rings is 1. The number of nitrogens with zero attached hydrogens (tertiary/aromatic N) is 1. The lowest BCUT2D eigenvalue weighted by Gasteiger charge is -2.51. The highest BCUT2D eigenvalue weighted by molar-refractivity contribution is 7.86. The Labute approximate surface area is 144 Å². The Balaban J connectivity index is 2.22. The van der Waals surface area contributed by atoms with E-state index in [1.165, 1.54) is 12.0 Å². The molecule has 0 aromatic heterocycles. The molecular weight excluding hydrogens is 334 g/mol. The molecule has 0 heterocycles. The number of likely N-dealkylation sites (N-methyl/N-ethyl adjacent to an activating group) is 1. The van der Waals surface area contributed by atoms with E-state index in [4.69, 9.17) is 11.6 Å².